The quantitative estimate of drug-likeness (QED) is 0.613. The Morgan fingerprint density at radius 3 is 2.20 bits per heavy atom. The van der Waals surface area contributed by atoms with Crippen LogP contribution in [0, 0.1) is 0 Å². The van der Waals surface area contributed by atoms with Gasteiger partial charge in [-0.05, 0) is 19.8 Å². The van der Waals surface area contributed by atoms with E-state index in [1.807, 2.05) is 0 Å². The number of carbonyl (C=O) groups excluding carboxylic acids is 1. The molecule has 0 saturated heterocycles. The highest BCUT2D eigenvalue weighted by Gasteiger charge is 2.21. The minimum absolute atomic E-state index is 0.0120. The molecule has 0 radical (unpaired) electrons. The highest BCUT2D eigenvalue weighted by Crippen LogP contribution is 2.19. The molecule has 90 valence electrons. The van der Waals surface area contributed by atoms with Crippen molar-refractivity contribution < 1.29 is 4.79 Å². The molecular formula is C13H27NO. The predicted octanol–water partition coefficient (Wildman–Crippen LogP) is 3.65. The normalized spacial score (nSPS) is 14.7. The number of hydrogen-bond acceptors (Lipinski definition) is 1. The number of rotatable bonds is 8. The Balaban J connectivity index is 3.73. The summed E-state index contributed by atoms with van der Waals surface area (Å²) >= 11 is 0. The lowest BCUT2D eigenvalue weighted by Gasteiger charge is -2.29. The lowest BCUT2D eigenvalue weighted by Crippen LogP contribution is -2.44. The SMILES string of the molecule is CCCCCCCC(C)(CC)NC(C)=O. The summed E-state index contributed by atoms with van der Waals surface area (Å²) in [4.78, 5) is 11.0. The molecule has 15 heavy (non-hydrogen) atoms. The molecule has 2 nitrogen and oxygen atoms in total. The van der Waals surface area contributed by atoms with Crippen LogP contribution >= 0.6 is 0 Å². The van der Waals surface area contributed by atoms with Crippen molar-refractivity contribution in [2.45, 2.75) is 78.2 Å². The molecule has 0 aromatic rings. The second kappa shape index (κ2) is 7.72. The van der Waals surface area contributed by atoms with Crippen molar-refractivity contribution in [3.63, 3.8) is 0 Å². The van der Waals surface area contributed by atoms with Gasteiger partial charge in [-0.25, -0.2) is 0 Å². The fourth-order valence-corrected chi connectivity index (χ4v) is 1.87. The van der Waals surface area contributed by atoms with Crippen LogP contribution in [0.4, 0.5) is 0 Å². The Bertz CT molecular complexity index is 179. The summed E-state index contributed by atoms with van der Waals surface area (Å²) in [5, 5.41) is 3.06. The molecule has 2 heteroatoms. The van der Waals surface area contributed by atoms with Gasteiger partial charge in [-0.2, -0.15) is 0 Å². The highest BCUT2D eigenvalue weighted by atomic mass is 16.1. The second-order valence-electron chi connectivity index (χ2n) is 4.76. The van der Waals surface area contributed by atoms with E-state index in [1.54, 1.807) is 6.92 Å². The molecule has 1 amide bonds. The highest BCUT2D eigenvalue weighted by molar-refractivity contribution is 5.73. The van der Waals surface area contributed by atoms with E-state index in [4.69, 9.17) is 0 Å². The molecule has 0 aliphatic rings. The van der Waals surface area contributed by atoms with Gasteiger partial charge in [0.15, 0.2) is 0 Å². The number of amides is 1. The zero-order chi connectivity index (χ0) is 11.7. The van der Waals surface area contributed by atoms with Crippen LogP contribution in [0.5, 0.6) is 0 Å². The van der Waals surface area contributed by atoms with E-state index in [-0.39, 0.29) is 11.4 Å². The molecule has 0 aliphatic carbocycles. The maximum absolute atomic E-state index is 11.0. The third-order valence-corrected chi connectivity index (χ3v) is 3.09. The lowest BCUT2D eigenvalue weighted by atomic mass is 9.91. The standard InChI is InChI=1S/C13H27NO/c1-5-7-8-9-10-11-13(4,6-2)14-12(3)15/h5-11H2,1-4H3,(H,14,15). The maximum Gasteiger partial charge on any atom is 0.217 e. The van der Waals surface area contributed by atoms with Crippen LogP contribution in [0.2, 0.25) is 0 Å². The van der Waals surface area contributed by atoms with Crippen molar-refractivity contribution in [1.29, 1.82) is 0 Å². The van der Waals surface area contributed by atoms with Crippen LogP contribution in [0.25, 0.3) is 0 Å². The monoisotopic (exact) mass is 213 g/mol. The molecule has 1 N–H and O–H groups in total. The Hall–Kier alpha value is -0.530. The Labute approximate surface area is 94.8 Å². The van der Waals surface area contributed by atoms with Gasteiger partial charge in [0.2, 0.25) is 5.91 Å². The molecule has 0 aromatic carbocycles. The van der Waals surface area contributed by atoms with Gasteiger partial charge in [-0.1, -0.05) is 46.0 Å². The van der Waals surface area contributed by atoms with E-state index in [0.29, 0.717) is 0 Å². The van der Waals surface area contributed by atoms with Crippen molar-refractivity contribution >= 4 is 5.91 Å². The van der Waals surface area contributed by atoms with Gasteiger partial charge in [0, 0.05) is 12.5 Å². The average molecular weight is 213 g/mol. The third kappa shape index (κ3) is 7.40. The molecule has 1 unspecified atom stereocenters. The number of nitrogens with one attached hydrogen (secondary N) is 1. The second-order valence-corrected chi connectivity index (χ2v) is 4.76. The first-order chi connectivity index (χ1) is 7.04. The largest absolute Gasteiger partial charge is 0.351 e. The molecule has 0 heterocycles. The zero-order valence-electron chi connectivity index (χ0n) is 10.9. The van der Waals surface area contributed by atoms with Crippen LogP contribution in [-0.2, 0) is 4.79 Å². The summed E-state index contributed by atoms with van der Waals surface area (Å²) < 4.78 is 0. The lowest BCUT2D eigenvalue weighted by molar-refractivity contribution is -0.120. The Morgan fingerprint density at radius 2 is 1.73 bits per heavy atom. The summed E-state index contributed by atoms with van der Waals surface area (Å²) in [6.07, 6.45) is 8.59. The van der Waals surface area contributed by atoms with Crippen molar-refractivity contribution in [2.75, 3.05) is 0 Å². The summed E-state index contributed by atoms with van der Waals surface area (Å²) in [5.41, 5.74) is 0.0120. The van der Waals surface area contributed by atoms with Gasteiger partial charge < -0.3 is 5.32 Å². The zero-order valence-corrected chi connectivity index (χ0v) is 10.9. The summed E-state index contributed by atoms with van der Waals surface area (Å²) in [7, 11) is 0. The third-order valence-electron chi connectivity index (χ3n) is 3.09. The van der Waals surface area contributed by atoms with Crippen LogP contribution in [-0.4, -0.2) is 11.4 Å². The maximum atomic E-state index is 11.0. The molecule has 0 aliphatic heterocycles. The molecule has 0 fully saturated rings. The summed E-state index contributed by atoms with van der Waals surface area (Å²) in [6, 6.07) is 0. The molecule has 0 saturated carbocycles. The van der Waals surface area contributed by atoms with Crippen molar-refractivity contribution in [2.24, 2.45) is 0 Å². The average Bonchev–Trinajstić information content (AvgIpc) is 2.16. The molecule has 0 aromatic heterocycles. The molecule has 0 bridgehead atoms. The van der Waals surface area contributed by atoms with Crippen LogP contribution in [0.1, 0.15) is 72.6 Å². The van der Waals surface area contributed by atoms with Crippen molar-refractivity contribution in [1.82, 2.24) is 5.32 Å². The van der Waals surface area contributed by atoms with Crippen LogP contribution < -0.4 is 5.32 Å². The molecule has 0 rings (SSSR count). The molecule has 0 spiro atoms. The molecular weight excluding hydrogens is 186 g/mol. The summed E-state index contributed by atoms with van der Waals surface area (Å²) in [6.45, 7) is 8.12. The van der Waals surface area contributed by atoms with E-state index in [0.717, 1.165) is 12.8 Å². The fourth-order valence-electron chi connectivity index (χ4n) is 1.87. The van der Waals surface area contributed by atoms with E-state index in [1.165, 1.54) is 32.1 Å². The predicted molar refractivity (Wildman–Crippen MR) is 65.9 cm³/mol. The minimum Gasteiger partial charge on any atom is -0.351 e. The Kier molecular flexibility index (Phi) is 7.45. The van der Waals surface area contributed by atoms with Crippen LogP contribution in [0.3, 0.4) is 0 Å². The number of carbonyl (C=O) groups is 1. The van der Waals surface area contributed by atoms with E-state index >= 15 is 0 Å². The van der Waals surface area contributed by atoms with E-state index < -0.39 is 0 Å². The smallest absolute Gasteiger partial charge is 0.217 e. The fraction of sp³-hybridized carbons (Fsp3) is 0.923. The minimum atomic E-state index is 0.0120. The summed E-state index contributed by atoms with van der Waals surface area (Å²) in [5.74, 6) is 0.0907. The van der Waals surface area contributed by atoms with E-state index in [2.05, 4.69) is 26.1 Å². The topological polar surface area (TPSA) is 29.1 Å². The van der Waals surface area contributed by atoms with Gasteiger partial charge in [0.25, 0.3) is 0 Å². The van der Waals surface area contributed by atoms with Gasteiger partial charge in [-0.15, -0.1) is 0 Å². The van der Waals surface area contributed by atoms with Crippen molar-refractivity contribution in [3.8, 4) is 0 Å². The van der Waals surface area contributed by atoms with Gasteiger partial charge in [0.05, 0.1) is 0 Å². The van der Waals surface area contributed by atoms with E-state index in [9.17, 15) is 4.79 Å². The van der Waals surface area contributed by atoms with Crippen LogP contribution in [0.15, 0.2) is 0 Å². The van der Waals surface area contributed by atoms with Crippen molar-refractivity contribution in [3.05, 3.63) is 0 Å². The molecule has 1 atom stereocenters. The number of hydrogen-bond donors (Lipinski definition) is 1. The first-order valence-electron chi connectivity index (χ1n) is 6.33. The first kappa shape index (κ1) is 14.5. The van der Waals surface area contributed by atoms with Gasteiger partial charge >= 0.3 is 0 Å². The Morgan fingerprint density at radius 1 is 1.13 bits per heavy atom. The van der Waals surface area contributed by atoms with Gasteiger partial charge in [0.1, 0.15) is 0 Å². The number of unbranched alkanes of at least 4 members (excludes halogenated alkanes) is 4. The van der Waals surface area contributed by atoms with Gasteiger partial charge in [-0.3, -0.25) is 4.79 Å². The first-order valence-corrected chi connectivity index (χ1v) is 6.33.